The van der Waals surface area contributed by atoms with E-state index in [1.54, 1.807) is 24.3 Å². The first kappa shape index (κ1) is 17.6. The second kappa shape index (κ2) is 11.1. The zero-order chi connectivity index (χ0) is 43.6. The first-order chi connectivity index (χ1) is 29.7. The molecule has 0 unspecified atom stereocenters. The van der Waals surface area contributed by atoms with Crippen LogP contribution in [-0.4, -0.2) is 0 Å². The molecule has 0 amide bonds. The highest BCUT2D eigenvalue weighted by Crippen LogP contribution is 2.45. The number of hydrogen-bond acceptors (Lipinski definition) is 1. The maximum absolute atomic E-state index is 9.25. The van der Waals surface area contributed by atoms with Crippen molar-refractivity contribution >= 4 is 54.3 Å². The SMILES string of the molecule is [2H]c1c([2H])c([2H])c(-c2c3c([2H])c([2H])c([2H])c([2H])c3c(-c3ccc(-c4cccc5c4oc4cccc(-c6cccc7ccccc67)c45)cc3)c3c([2H])c([2H])c([2H])c([2H])c23)c([2H])c1[2H]. The molecule has 0 N–H and O–H groups in total. The fourth-order valence-corrected chi connectivity index (χ4v) is 7.11. The summed E-state index contributed by atoms with van der Waals surface area (Å²) in [5.41, 5.74) is 4.59. The summed E-state index contributed by atoms with van der Waals surface area (Å²) >= 11 is 0. The van der Waals surface area contributed by atoms with Gasteiger partial charge in [-0.25, -0.2) is 0 Å². The van der Waals surface area contributed by atoms with Crippen LogP contribution in [0.25, 0.3) is 98.8 Å². The standard InChI is InChI=1S/C48H30O/c1-2-14-33(15-3-1)45-39-18-6-8-20-41(39)46(42-21-9-7-19-40(42)45)34-29-27-32(28-30-34)36-22-11-25-43-47-38(24-12-26-44(47)49-48(36)43)37-23-10-16-31-13-4-5-17-35(31)37/h1-30H/i1D,2D,3D,6D,7D,8D,9D,14D,15D,18D,19D,20D,21D. The van der Waals surface area contributed by atoms with Crippen LogP contribution in [0.4, 0.5) is 0 Å². The molecule has 1 nitrogen and oxygen atoms in total. The molecular weight excluding hydrogens is 593 g/mol. The molecular formula is C48H30O. The number of fused-ring (bicyclic) bond motifs is 6. The molecule has 0 atom stereocenters. The third-order valence-corrected chi connectivity index (χ3v) is 9.21. The average Bonchev–Trinajstić information content (AvgIpc) is 3.69. The molecule has 0 fully saturated rings. The van der Waals surface area contributed by atoms with E-state index in [2.05, 4.69) is 30.3 Å². The van der Waals surface area contributed by atoms with Crippen molar-refractivity contribution in [2.24, 2.45) is 0 Å². The lowest BCUT2D eigenvalue weighted by atomic mass is 9.85. The van der Waals surface area contributed by atoms with Crippen LogP contribution in [0.3, 0.4) is 0 Å². The quantitative estimate of drug-likeness (QED) is 0.175. The van der Waals surface area contributed by atoms with E-state index >= 15 is 0 Å². The highest BCUT2D eigenvalue weighted by atomic mass is 16.3. The van der Waals surface area contributed by atoms with Gasteiger partial charge in [0.25, 0.3) is 0 Å². The zero-order valence-corrected chi connectivity index (χ0v) is 25.7. The summed E-state index contributed by atoms with van der Waals surface area (Å²) in [6.45, 7) is 0. The van der Waals surface area contributed by atoms with Crippen LogP contribution in [0.15, 0.2) is 186 Å². The van der Waals surface area contributed by atoms with E-state index in [4.69, 9.17) is 16.8 Å². The van der Waals surface area contributed by atoms with Crippen molar-refractivity contribution in [1.82, 2.24) is 0 Å². The number of para-hydroxylation sites is 1. The van der Waals surface area contributed by atoms with Crippen molar-refractivity contribution in [3.05, 3.63) is 182 Å². The Balaban J connectivity index is 1.26. The summed E-state index contributed by atoms with van der Waals surface area (Å²) in [5.74, 6) is 0. The van der Waals surface area contributed by atoms with Crippen molar-refractivity contribution in [2.45, 2.75) is 0 Å². The lowest BCUT2D eigenvalue weighted by molar-refractivity contribution is 0.670. The molecule has 1 heteroatoms. The van der Waals surface area contributed by atoms with Gasteiger partial charge in [-0.2, -0.15) is 0 Å². The molecule has 0 aliphatic carbocycles. The fraction of sp³-hybridized carbons (Fsp3) is 0. The van der Waals surface area contributed by atoms with Gasteiger partial charge in [0.05, 0.1) is 17.8 Å². The van der Waals surface area contributed by atoms with Crippen LogP contribution in [0.1, 0.15) is 17.8 Å². The molecule has 0 spiro atoms. The van der Waals surface area contributed by atoms with Crippen LogP contribution in [-0.2, 0) is 0 Å². The Labute approximate surface area is 302 Å². The Kier molecular flexibility index (Phi) is 3.99. The highest BCUT2D eigenvalue weighted by molar-refractivity contribution is 6.22. The molecule has 49 heavy (non-hydrogen) atoms. The molecule has 10 rings (SSSR count). The van der Waals surface area contributed by atoms with Gasteiger partial charge in [0, 0.05) is 16.3 Å². The maximum atomic E-state index is 9.25. The van der Waals surface area contributed by atoms with E-state index in [1.807, 2.05) is 48.5 Å². The molecule has 0 radical (unpaired) electrons. The van der Waals surface area contributed by atoms with Gasteiger partial charge in [-0.1, -0.05) is 176 Å². The predicted octanol–water partition coefficient (Wildman–Crippen LogP) is 13.7. The molecule has 10 aromatic rings. The monoisotopic (exact) mass is 635 g/mol. The van der Waals surface area contributed by atoms with Crippen molar-refractivity contribution in [3.8, 4) is 44.5 Å². The maximum Gasteiger partial charge on any atom is 0.143 e. The normalized spacial score (nSPS) is 15.4. The van der Waals surface area contributed by atoms with Gasteiger partial charge >= 0.3 is 0 Å². The van der Waals surface area contributed by atoms with Gasteiger partial charge in [0.15, 0.2) is 0 Å². The van der Waals surface area contributed by atoms with E-state index in [-0.39, 0.29) is 32.7 Å². The minimum absolute atomic E-state index is 0.0679. The van der Waals surface area contributed by atoms with Crippen molar-refractivity contribution in [1.29, 1.82) is 0 Å². The van der Waals surface area contributed by atoms with Crippen molar-refractivity contribution < 1.29 is 22.2 Å². The van der Waals surface area contributed by atoms with E-state index in [9.17, 15) is 5.48 Å². The largest absolute Gasteiger partial charge is 0.455 e. The number of benzene rings is 9. The van der Waals surface area contributed by atoms with Gasteiger partial charge < -0.3 is 4.42 Å². The van der Waals surface area contributed by atoms with E-state index in [0.29, 0.717) is 16.7 Å². The van der Waals surface area contributed by atoms with E-state index < -0.39 is 84.1 Å². The molecule has 1 heterocycles. The van der Waals surface area contributed by atoms with Gasteiger partial charge in [0.1, 0.15) is 11.2 Å². The number of furan rings is 1. The summed E-state index contributed by atoms with van der Waals surface area (Å²) in [4.78, 5) is 0. The number of rotatable bonds is 4. The molecule has 0 bridgehead atoms. The highest BCUT2D eigenvalue weighted by Gasteiger charge is 2.19. The van der Waals surface area contributed by atoms with Crippen LogP contribution in [0.5, 0.6) is 0 Å². The van der Waals surface area contributed by atoms with Crippen molar-refractivity contribution in [3.63, 3.8) is 0 Å². The molecule has 0 saturated heterocycles. The zero-order valence-electron chi connectivity index (χ0n) is 38.7. The molecule has 9 aromatic carbocycles. The Hall–Kier alpha value is -6.44. The lowest BCUT2D eigenvalue weighted by Gasteiger charge is -2.18. The second-order valence-electron chi connectivity index (χ2n) is 11.8. The third kappa shape index (κ3) is 4.33. The fourth-order valence-electron chi connectivity index (χ4n) is 7.11. The summed E-state index contributed by atoms with van der Waals surface area (Å²) < 4.78 is 121. The Morgan fingerprint density at radius 3 is 1.63 bits per heavy atom. The lowest BCUT2D eigenvalue weighted by Crippen LogP contribution is -1.90. The first-order valence-electron chi connectivity index (χ1n) is 22.3. The topological polar surface area (TPSA) is 13.1 Å². The molecule has 228 valence electrons. The van der Waals surface area contributed by atoms with Crippen LogP contribution in [0, 0.1) is 0 Å². The summed E-state index contributed by atoms with van der Waals surface area (Å²) in [6.07, 6.45) is 0. The van der Waals surface area contributed by atoms with Crippen LogP contribution in [0.2, 0.25) is 0 Å². The van der Waals surface area contributed by atoms with Crippen molar-refractivity contribution in [2.75, 3.05) is 0 Å². The molecule has 0 saturated carbocycles. The Morgan fingerprint density at radius 2 is 0.898 bits per heavy atom. The van der Waals surface area contributed by atoms with Crippen LogP contribution < -0.4 is 0 Å². The van der Waals surface area contributed by atoms with Gasteiger partial charge in [0.2, 0.25) is 0 Å². The average molecular weight is 636 g/mol. The Bertz CT molecular complexity index is 3500. The molecule has 0 aliphatic heterocycles. The van der Waals surface area contributed by atoms with E-state index in [0.717, 1.165) is 43.8 Å². The third-order valence-electron chi connectivity index (χ3n) is 9.21. The van der Waals surface area contributed by atoms with E-state index in [1.165, 1.54) is 0 Å². The number of hydrogen-bond donors (Lipinski definition) is 0. The first-order valence-corrected chi connectivity index (χ1v) is 15.8. The smallest absolute Gasteiger partial charge is 0.143 e. The summed E-state index contributed by atoms with van der Waals surface area (Å²) in [6, 6.07) is 25.0. The minimum atomic E-state index is -0.715. The summed E-state index contributed by atoms with van der Waals surface area (Å²) in [5, 5.41) is 3.31. The van der Waals surface area contributed by atoms with Gasteiger partial charge in [-0.3, -0.25) is 0 Å². The Morgan fingerprint density at radius 1 is 0.367 bits per heavy atom. The van der Waals surface area contributed by atoms with Gasteiger partial charge in [-0.15, -0.1) is 0 Å². The molecule has 1 aromatic heterocycles. The van der Waals surface area contributed by atoms with Crippen LogP contribution >= 0.6 is 0 Å². The predicted molar refractivity (Wildman–Crippen MR) is 208 cm³/mol. The van der Waals surface area contributed by atoms with Gasteiger partial charge in [-0.05, 0) is 77.3 Å². The second-order valence-corrected chi connectivity index (χ2v) is 11.8. The summed E-state index contributed by atoms with van der Waals surface area (Å²) in [7, 11) is 0. The molecule has 0 aliphatic rings. The minimum Gasteiger partial charge on any atom is -0.455 e.